The van der Waals surface area contributed by atoms with Crippen LogP contribution in [0.25, 0.3) is 0 Å². The van der Waals surface area contributed by atoms with Gasteiger partial charge in [0.05, 0.1) is 12.7 Å². The maximum absolute atomic E-state index is 12.5. The number of fused-ring (bicyclic) bond motifs is 1. The maximum atomic E-state index is 12.5. The lowest BCUT2D eigenvalue weighted by atomic mass is 9.75. The molecule has 2 fully saturated rings. The molecule has 2 aliphatic rings. The van der Waals surface area contributed by atoms with Crippen molar-refractivity contribution >= 4 is 5.91 Å². The van der Waals surface area contributed by atoms with Gasteiger partial charge in [0.2, 0.25) is 0 Å². The molecule has 0 radical (unpaired) electrons. The predicted molar refractivity (Wildman–Crippen MR) is 75.0 cm³/mol. The Kier molecular flexibility index (Phi) is 4.00. The van der Waals surface area contributed by atoms with E-state index in [1.54, 1.807) is 10.9 Å². The molecule has 1 aromatic heterocycles. The van der Waals surface area contributed by atoms with Gasteiger partial charge in [-0.05, 0) is 24.7 Å². The third-order valence-electron chi connectivity index (χ3n) is 4.69. The smallest absolute Gasteiger partial charge is 0.276 e. The number of piperidine rings is 1. The van der Waals surface area contributed by atoms with Crippen LogP contribution in [-0.2, 0) is 6.54 Å². The maximum Gasteiger partial charge on any atom is 0.276 e. The molecule has 2 heterocycles. The number of rotatable bonds is 3. The van der Waals surface area contributed by atoms with E-state index in [1.807, 2.05) is 4.90 Å². The van der Waals surface area contributed by atoms with E-state index in [2.05, 4.69) is 10.3 Å². The predicted octanol–water partition coefficient (Wildman–Crippen LogP) is 0.889. The second kappa shape index (κ2) is 5.91. The number of hydrogen-bond acceptors (Lipinski definition) is 4. The van der Waals surface area contributed by atoms with E-state index in [0.29, 0.717) is 24.7 Å². The first-order valence-corrected chi connectivity index (χ1v) is 7.67. The summed E-state index contributed by atoms with van der Waals surface area (Å²) in [6.07, 6.45) is 8.15. The van der Waals surface area contributed by atoms with Crippen LogP contribution in [0.1, 0.15) is 42.6 Å². The topological polar surface area (TPSA) is 77.0 Å². The minimum absolute atomic E-state index is 0.0253. The largest absolute Gasteiger partial charge is 0.337 e. The molecule has 0 bridgehead atoms. The van der Waals surface area contributed by atoms with Crippen LogP contribution in [0.3, 0.4) is 0 Å². The fourth-order valence-electron chi connectivity index (χ4n) is 3.59. The molecule has 2 N–H and O–H groups in total. The number of nitrogens with two attached hydrogens (primary N) is 1. The van der Waals surface area contributed by atoms with Crippen LogP contribution in [0.4, 0.5) is 0 Å². The highest BCUT2D eigenvalue weighted by Gasteiger charge is 2.33. The fourth-order valence-corrected chi connectivity index (χ4v) is 3.59. The molecule has 6 heteroatoms. The number of hydrogen-bond donors (Lipinski definition) is 1. The quantitative estimate of drug-likeness (QED) is 0.890. The number of carbonyl (C=O) groups excluding carboxylic acids is 1. The van der Waals surface area contributed by atoms with E-state index >= 15 is 0 Å². The van der Waals surface area contributed by atoms with E-state index in [0.717, 1.165) is 25.4 Å². The minimum atomic E-state index is 0.0253. The second-order valence-corrected chi connectivity index (χ2v) is 6.00. The van der Waals surface area contributed by atoms with Crippen LogP contribution in [0.2, 0.25) is 0 Å². The van der Waals surface area contributed by atoms with Gasteiger partial charge in [0.1, 0.15) is 0 Å². The van der Waals surface area contributed by atoms with Gasteiger partial charge >= 0.3 is 0 Å². The molecule has 20 heavy (non-hydrogen) atoms. The molecule has 1 saturated heterocycles. The van der Waals surface area contributed by atoms with Gasteiger partial charge < -0.3 is 10.6 Å². The SMILES string of the molecule is NCCn1cc(C(=O)N2CCC3CCCCC3C2)nn1. The third-order valence-corrected chi connectivity index (χ3v) is 4.69. The molecular formula is C14H23N5O. The van der Waals surface area contributed by atoms with Crippen LogP contribution >= 0.6 is 0 Å². The van der Waals surface area contributed by atoms with Crippen LogP contribution in [0.5, 0.6) is 0 Å². The van der Waals surface area contributed by atoms with Gasteiger partial charge in [-0.3, -0.25) is 9.48 Å². The van der Waals surface area contributed by atoms with Gasteiger partial charge in [0.25, 0.3) is 5.91 Å². The summed E-state index contributed by atoms with van der Waals surface area (Å²) in [4.78, 5) is 14.4. The second-order valence-electron chi connectivity index (χ2n) is 6.00. The van der Waals surface area contributed by atoms with Gasteiger partial charge in [-0.1, -0.05) is 24.5 Å². The summed E-state index contributed by atoms with van der Waals surface area (Å²) >= 11 is 0. The van der Waals surface area contributed by atoms with Gasteiger partial charge in [-0.25, -0.2) is 0 Å². The summed E-state index contributed by atoms with van der Waals surface area (Å²) < 4.78 is 1.64. The molecular weight excluding hydrogens is 254 g/mol. The van der Waals surface area contributed by atoms with E-state index < -0.39 is 0 Å². The van der Waals surface area contributed by atoms with Crippen molar-refractivity contribution < 1.29 is 4.79 Å². The molecule has 2 unspecified atom stereocenters. The van der Waals surface area contributed by atoms with Crippen LogP contribution < -0.4 is 5.73 Å². The monoisotopic (exact) mass is 277 g/mol. The number of nitrogens with zero attached hydrogens (tertiary/aromatic N) is 4. The average molecular weight is 277 g/mol. The molecule has 1 saturated carbocycles. The van der Waals surface area contributed by atoms with Gasteiger partial charge in [0.15, 0.2) is 5.69 Å². The molecule has 1 aliphatic heterocycles. The summed E-state index contributed by atoms with van der Waals surface area (Å²) in [5, 5.41) is 7.92. The Morgan fingerprint density at radius 3 is 2.90 bits per heavy atom. The Morgan fingerprint density at radius 1 is 1.30 bits per heavy atom. The Morgan fingerprint density at radius 2 is 2.10 bits per heavy atom. The lowest BCUT2D eigenvalue weighted by Crippen LogP contribution is -2.44. The summed E-state index contributed by atoms with van der Waals surface area (Å²) in [5.74, 6) is 1.55. The Balaban J connectivity index is 1.64. The van der Waals surface area contributed by atoms with Crippen LogP contribution in [-0.4, -0.2) is 45.4 Å². The molecule has 0 spiro atoms. The first-order chi connectivity index (χ1) is 9.78. The van der Waals surface area contributed by atoms with Crippen molar-refractivity contribution in [3.05, 3.63) is 11.9 Å². The molecule has 110 valence electrons. The van der Waals surface area contributed by atoms with Crippen molar-refractivity contribution in [2.24, 2.45) is 17.6 Å². The van der Waals surface area contributed by atoms with Crippen LogP contribution in [0, 0.1) is 11.8 Å². The van der Waals surface area contributed by atoms with Crippen molar-refractivity contribution in [3.63, 3.8) is 0 Å². The zero-order valence-corrected chi connectivity index (χ0v) is 11.9. The highest BCUT2D eigenvalue weighted by Crippen LogP contribution is 2.36. The Hall–Kier alpha value is -1.43. The van der Waals surface area contributed by atoms with Crippen molar-refractivity contribution in [1.82, 2.24) is 19.9 Å². The van der Waals surface area contributed by atoms with Crippen molar-refractivity contribution in [3.8, 4) is 0 Å². The minimum Gasteiger partial charge on any atom is -0.337 e. The highest BCUT2D eigenvalue weighted by molar-refractivity contribution is 5.92. The molecule has 2 atom stereocenters. The number of likely N-dealkylation sites (tertiary alicyclic amines) is 1. The average Bonchev–Trinajstić information content (AvgIpc) is 2.95. The van der Waals surface area contributed by atoms with Crippen molar-refractivity contribution in [2.75, 3.05) is 19.6 Å². The Labute approximate surface area is 119 Å². The highest BCUT2D eigenvalue weighted by atomic mass is 16.2. The summed E-state index contributed by atoms with van der Waals surface area (Å²) in [6, 6.07) is 0. The summed E-state index contributed by atoms with van der Waals surface area (Å²) in [5.41, 5.74) is 5.93. The van der Waals surface area contributed by atoms with Crippen LogP contribution in [0.15, 0.2) is 6.20 Å². The molecule has 0 aromatic carbocycles. The molecule has 3 rings (SSSR count). The summed E-state index contributed by atoms with van der Waals surface area (Å²) in [7, 11) is 0. The first-order valence-electron chi connectivity index (χ1n) is 7.67. The third kappa shape index (κ3) is 2.70. The lowest BCUT2D eigenvalue weighted by molar-refractivity contribution is 0.0515. The molecule has 1 amide bonds. The zero-order chi connectivity index (χ0) is 13.9. The molecule has 1 aliphatic carbocycles. The van der Waals surface area contributed by atoms with Crippen molar-refractivity contribution in [1.29, 1.82) is 0 Å². The van der Waals surface area contributed by atoms with Crippen molar-refractivity contribution in [2.45, 2.75) is 38.6 Å². The standard InChI is InChI=1S/C14H23N5O/c15-6-8-19-10-13(16-17-19)14(20)18-7-5-11-3-1-2-4-12(11)9-18/h10-12H,1-9,15H2. The normalized spacial score (nSPS) is 26.4. The van der Waals surface area contributed by atoms with E-state index in [4.69, 9.17) is 5.73 Å². The van der Waals surface area contributed by atoms with Gasteiger partial charge in [0, 0.05) is 19.6 Å². The number of aromatic nitrogens is 3. The number of amides is 1. The molecule has 6 nitrogen and oxygen atoms in total. The van der Waals surface area contributed by atoms with E-state index in [9.17, 15) is 4.79 Å². The lowest BCUT2D eigenvalue weighted by Gasteiger charge is -2.41. The number of carbonyl (C=O) groups is 1. The zero-order valence-electron chi connectivity index (χ0n) is 11.9. The van der Waals surface area contributed by atoms with Gasteiger partial charge in [-0.15, -0.1) is 5.10 Å². The Bertz CT molecular complexity index is 472. The fraction of sp³-hybridized carbons (Fsp3) is 0.786. The summed E-state index contributed by atoms with van der Waals surface area (Å²) in [6.45, 7) is 2.87. The molecule has 1 aromatic rings. The van der Waals surface area contributed by atoms with E-state index in [-0.39, 0.29) is 5.91 Å². The van der Waals surface area contributed by atoms with E-state index in [1.165, 1.54) is 25.7 Å². The van der Waals surface area contributed by atoms with Gasteiger partial charge in [-0.2, -0.15) is 0 Å². The first kappa shape index (κ1) is 13.5.